The van der Waals surface area contributed by atoms with Crippen LogP contribution in [0.2, 0.25) is 0 Å². The van der Waals surface area contributed by atoms with Crippen molar-refractivity contribution in [2.45, 2.75) is 25.2 Å². The molecule has 0 spiro atoms. The third-order valence-corrected chi connectivity index (χ3v) is 4.37. The smallest absolute Gasteiger partial charge is 0.240 e. The number of hydrazone groups is 1. The molecule has 0 atom stereocenters. The number of carbonyl (C=O) groups is 2. The molecule has 136 valence electrons. The number of anilines is 1. The molecule has 0 fully saturated rings. The molecule has 0 bridgehead atoms. The summed E-state index contributed by atoms with van der Waals surface area (Å²) in [6.07, 6.45) is 0.296. The molecule has 5 nitrogen and oxygen atoms in total. The maximum Gasteiger partial charge on any atom is 0.240 e. The van der Waals surface area contributed by atoms with E-state index in [4.69, 9.17) is 0 Å². The summed E-state index contributed by atoms with van der Waals surface area (Å²) < 4.78 is 12.8. The van der Waals surface area contributed by atoms with Gasteiger partial charge in [0.25, 0.3) is 0 Å². The Morgan fingerprint density at radius 2 is 1.85 bits per heavy atom. The molecule has 0 aliphatic carbocycles. The van der Waals surface area contributed by atoms with Crippen LogP contribution in [0.1, 0.15) is 25.8 Å². The second-order valence-corrected chi connectivity index (χ2v) is 6.71. The van der Waals surface area contributed by atoms with Crippen molar-refractivity contribution in [3.05, 3.63) is 59.9 Å². The van der Waals surface area contributed by atoms with Crippen LogP contribution in [0, 0.1) is 5.82 Å². The van der Waals surface area contributed by atoms with Crippen molar-refractivity contribution < 1.29 is 14.0 Å². The van der Waals surface area contributed by atoms with Crippen molar-refractivity contribution in [1.29, 1.82) is 0 Å². The van der Waals surface area contributed by atoms with E-state index in [0.29, 0.717) is 23.6 Å². The summed E-state index contributed by atoms with van der Waals surface area (Å²) in [5.74, 6) is -0.0514. The van der Waals surface area contributed by atoms with Crippen LogP contribution in [0.4, 0.5) is 10.1 Å². The first kappa shape index (κ1) is 19.7. The maximum absolute atomic E-state index is 12.8. The lowest BCUT2D eigenvalue weighted by Crippen LogP contribution is -2.19. The fraction of sp³-hybridized carbons (Fsp3) is 0.211. The monoisotopic (exact) mass is 373 g/mol. The van der Waals surface area contributed by atoms with Gasteiger partial charge in [0, 0.05) is 29.7 Å². The zero-order chi connectivity index (χ0) is 18.9. The Labute approximate surface area is 156 Å². The number of benzene rings is 2. The number of hydrogen-bond donors (Lipinski definition) is 2. The lowest BCUT2D eigenvalue weighted by molar-refractivity contribution is -0.120. The Morgan fingerprint density at radius 3 is 2.54 bits per heavy atom. The van der Waals surface area contributed by atoms with Gasteiger partial charge in [-0.15, -0.1) is 11.8 Å². The van der Waals surface area contributed by atoms with Gasteiger partial charge in [-0.2, -0.15) is 5.10 Å². The molecule has 0 saturated heterocycles. The van der Waals surface area contributed by atoms with E-state index in [2.05, 4.69) is 15.8 Å². The summed E-state index contributed by atoms with van der Waals surface area (Å²) in [5, 5.41) is 6.80. The van der Waals surface area contributed by atoms with Crippen LogP contribution < -0.4 is 10.7 Å². The summed E-state index contributed by atoms with van der Waals surface area (Å²) in [4.78, 5) is 23.9. The van der Waals surface area contributed by atoms with Gasteiger partial charge in [0.05, 0.1) is 5.71 Å². The summed E-state index contributed by atoms with van der Waals surface area (Å²) in [6, 6.07) is 13.4. The number of halogens is 1. The van der Waals surface area contributed by atoms with Crippen molar-refractivity contribution in [2.75, 3.05) is 11.1 Å². The number of nitrogens with zero attached hydrogens (tertiary/aromatic N) is 1. The van der Waals surface area contributed by atoms with Crippen molar-refractivity contribution in [3.63, 3.8) is 0 Å². The van der Waals surface area contributed by atoms with Crippen molar-refractivity contribution in [2.24, 2.45) is 5.10 Å². The van der Waals surface area contributed by atoms with Crippen LogP contribution in [-0.2, 0) is 9.59 Å². The number of nitrogens with one attached hydrogen (secondary N) is 2. The predicted molar refractivity (Wildman–Crippen MR) is 103 cm³/mol. The van der Waals surface area contributed by atoms with Gasteiger partial charge in [0.15, 0.2) is 0 Å². The summed E-state index contributed by atoms with van der Waals surface area (Å²) in [6.45, 7) is 3.22. The fourth-order valence-electron chi connectivity index (χ4n) is 2.08. The molecular formula is C19H20FN3O2S. The van der Waals surface area contributed by atoms with Crippen LogP contribution in [0.15, 0.2) is 58.5 Å². The highest BCUT2D eigenvalue weighted by Crippen LogP contribution is 2.18. The second kappa shape index (κ2) is 9.72. The molecule has 2 amide bonds. The van der Waals surface area contributed by atoms with Gasteiger partial charge >= 0.3 is 0 Å². The van der Waals surface area contributed by atoms with Crippen LogP contribution in [0.5, 0.6) is 0 Å². The molecule has 26 heavy (non-hydrogen) atoms. The average molecular weight is 373 g/mol. The van der Waals surface area contributed by atoms with Gasteiger partial charge in [-0.3, -0.25) is 9.59 Å². The lowest BCUT2D eigenvalue weighted by atomic mass is 10.1. The Bertz CT molecular complexity index is 807. The molecule has 2 rings (SSSR count). The van der Waals surface area contributed by atoms with Crippen LogP contribution in [0.25, 0.3) is 0 Å². The summed E-state index contributed by atoms with van der Waals surface area (Å²) in [7, 11) is 0. The van der Waals surface area contributed by atoms with Crippen LogP contribution in [-0.4, -0.2) is 23.3 Å². The minimum absolute atomic E-state index is 0.149. The van der Waals surface area contributed by atoms with Crippen LogP contribution >= 0.6 is 11.8 Å². The van der Waals surface area contributed by atoms with Crippen molar-refractivity contribution in [3.8, 4) is 0 Å². The van der Waals surface area contributed by atoms with E-state index in [1.807, 2.05) is 6.07 Å². The summed E-state index contributed by atoms with van der Waals surface area (Å²) in [5.41, 5.74) is 4.64. The van der Waals surface area contributed by atoms with Gasteiger partial charge in [-0.25, -0.2) is 9.82 Å². The highest BCUT2D eigenvalue weighted by atomic mass is 32.2. The van der Waals surface area contributed by atoms with Crippen molar-refractivity contribution in [1.82, 2.24) is 5.43 Å². The number of carbonyl (C=O) groups excluding carboxylic acids is 2. The first-order valence-electron chi connectivity index (χ1n) is 8.03. The SMILES string of the molecule is CC(=O)Nc1cccc(/C(C)=N\NC(=O)CCSc2ccc(F)cc2)c1. The average Bonchev–Trinajstić information content (AvgIpc) is 2.61. The van der Waals surface area contributed by atoms with E-state index in [1.165, 1.54) is 30.8 Å². The molecule has 0 radical (unpaired) electrons. The molecule has 0 saturated carbocycles. The quantitative estimate of drug-likeness (QED) is 0.440. The standard InChI is InChI=1S/C19H20FN3O2S/c1-13(15-4-3-5-17(12-15)21-14(2)24)22-23-19(25)10-11-26-18-8-6-16(20)7-9-18/h3-9,12H,10-11H2,1-2H3,(H,21,24)(H,23,25)/b22-13-. The summed E-state index contributed by atoms with van der Waals surface area (Å²) >= 11 is 1.48. The minimum Gasteiger partial charge on any atom is -0.326 e. The molecule has 2 N–H and O–H groups in total. The Hall–Kier alpha value is -2.67. The Kier molecular flexibility index (Phi) is 7.35. The van der Waals surface area contributed by atoms with Gasteiger partial charge in [0.1, 0.15) is 5.82 Å². The Morgan fingerprint density at radius 1 is 1.12 bits per heavy atom. The fourth-order valence-corrected chi connectivity index (χ4v) is 2.94. The topological polar surface area (TPSA) is 70.6 Å². The third-order valence-electron chi connectivity index (χ3n) is 3.36. The molecule has 0 heterocycles. The largest absolute Gasteiger partial charge is 0.326 e. The van der Waals surface area contributed by atoms with E-state index in [9.17, 15) is 14.0 Å². The van der Waals surface area contributed by atoms with E-state index in [-0.39, 0.29) is 17.6 Å². The van der Waals surface area contributed by atoms with Gasteiger partial charge in [-0.1, -0.05) is 12.1 Å². The van der Waals surface area contributed by atoms with E-state index in [0.717, 1.165) is 10.5 Å². The first-order valence-corrected chi connectivity index (χ1v) is 9.02. The van der Waals surface area contributed by atoms with E-state index in [1.54, 1.807) is 37.3 Å². The number of rotatable bonds is 7. The van der Waals surface area contributed by atoms with Gasteiger partial charge in [-0.05, 0) is 48.9 Å². The number of hydrogen-bond acceptors (Lipinski definition) is 4. The predicted octanol–water partition coefficient (Wildman–Crippen LogP) is 3.81. The molecule has 0 aliphatic heterocycles. The molecule has 0 aromatic heterocycles. The zero-order valence-corrected chi connectivity index (χ0v) is 15.4. The molecule has 2 aromatic carbocycles. The highest BCUT2D eigenvalue weighted by Gasteiger charge is 2.04. The van der Waals surface area contributed by atoms with E-state index < -0.39 is 0 Å². The number of amides is 2. The molecule has 2 aromatic rings. The molecule has 7 heteroatoms. The molecule has 0 aliphatic rings. The Balaban J connectivity index is 1.83. The first-order chi connectivity index (χ1) is 12.4. The molecule has 0 unspecified atom stereocenters. The lowest BCUT2D eigenvalue weighted by Gasteiger charge is -2.06. The van der Waals surface area contributed by atoms with E-state index >= 15 is 0 Å². The van der Waals surface area contributed by atoms with Crippen LogP contribution in [0.3, 0.4) is 0 Å². The van der Waals surface area contributed by atoms with Crippen molar-refractivity contribution >= 4 is 35.0 Å². The minimum atomic E-state index is -0.278. The molecular weight excluding hydrogens is 353 g/mol. The number of thioether (sulfide) groups is 1. The van der Waals surface area contributed by atoms with Gasteiger partial charge in [0.2, 0.25) is 11.8 Å². The highest BCUT2D eigenvalue weighted by molar-refractivity contribution is 7.99. The third kappa shape index (κ3) is 6.68. The zero-order valence-electron chi connectivity index (χ0n) is 14.6. The second-order valence-electron chi connectivity index (χ2n) is 5.55. The maximum atomic E-state index is 12.8. The normalized spacial score (nSPS) is 11.1. The van der Waals surface area contributed by atoms with Gasteiger partial charge < -0.3 is 5.32 Å².